The Bertz CT molecular complexity index is 646. The number of carbonyl (C=O) groups excluding carboxylic acids is 1. The molecule has 0 aliphatic heterocycles. The second kappa shape index (κ2) is 6.05. The lowest BCUT2D eigenvalue weighted by molar-refractivity contribution is 0.0984. The zero-order valence-corrected chi connectivity index (χ0v) is 12.4. The molecule has 0 bridgehead atoms. The van der Waals surface area contributed by atoms with Gasteiger partial charge >= 0.3 is 0 Å². The molecule has 104 valence electrons. The first-order valence-electron chi connectivity index (χ1n) is 6.09. The highest BCUT2D eigenvalue weighted by atomic mass is 79.9. The van der Waals surface area contributed by atoms with Gasteiger partial charge in [-0.2, -0.15) is 0 Å². The molecule has 0 saturated heterocycles. The minimum Gasteiger partial charge on any atom is -0.508 e. The first-order valence-corrected chi connectivity index (χ1v) is 6.88. The molecule has 0 spiro atoms. The summed E-state index contributed by atoms with van der Waals surface area (Å²) in [5.41, 5.74) is 0.515. The summed E-state index contributed by atoms with van der Waals surface area (Å²) >= 11 is 3.23. The maximum absolute atomic E-state index is 13.8. The Kier molecular flexibility index (Phi) is 4.39. The number of halogens is 2. The van der Waals surface area contributed by atoms with Gasteiger partial charge in [-0.3, -0.25) is 4.79 Å². The molecule has 1 N–H and O–H groups in total. The van der Waals surface area contributed by atoms with E-state index in [2.05, 4.69) is 15.9 Å². The highest BCUT2D eigenvalue weighted by molar-refractivity contribution is 9.10. The Morgan fingerprint density at radius 3 is 2.70 bits per heavy atom. The predicted octanol–water partition coefficient (Wildman–Crippen LogP) is 3.96. The second-order valence-electron chi connectivity index (χ2n) is 4.19. The highest BCUT2D eigenvalue weighted by Gasteiger charge is 2.20. The fraction of sp³-hybridized carbons (Fsp3) is 0.133. The maximum Gasteiger partial charge on any atom is 0.261 e. The van der Waals surface area contributed by atoms with Crippen LogP contribution in [0.1, 0.15) is 17.3 Å². The van der Waals surface area contributed by atoms with Gasteiger partial charge in [0.15, 0.2) is 0 Å². The van der Waals surface area contributed by atoms with Crippen molar-refractivity contribution < 1.29 is 14.3 Å². The molecule has 0 fully saturated rings. The van der Waals surface area contributed by atoms with Crippen molar-refractivity contribution in [2.75, 3.05) is 11.4 Å². The van der Waals surface area contributed by atoms with Crippen molar-refractivity contribution in [3.05, 3.63) is 58.3 Å². The first kappa shape index (κ1) is 14.5. The van der Waals surface area contributed by atoms with Crippen LogP contribution in [0, 0.1) is 5.82 Å². The van der Waals surface area contributed by atoms with E-state index in [0.717, 1.165) is 0 Å². The van der Waals surface area contributed by atoms with Crippen LogP contribution in [0.5, 0.6) is 5.75 Å². The number of carbonyl (C=O) groups is 1. The van der Waals surface area contributed by atoms with Crippen molar-refractivity contribution in [1.82, 2.24) is 0 Å². The van der Waals surface area contributed by atoms with E-state index in [1.54, 1.807) is 19.1 Å². The van der Waals surface area contributed by atoms with E-state index in [-0.39, 0.29) is 11.3 Å². The summed E-state index contributed by atoms with van der Waals surface area (Å²) in [4.78, 5) is 13.9. The fourth-order valence-electron chi connectivity index (χ4n) is 1.91. The molecule has 3 nitrogen and oxygen atoms in total. The summed E-state index contributed by atoms with van der Waals surface area (Å²) in [5, 5.41) is 9.49. The minimum atomic E-state index is -0.572. The number of nitrogens with zero attached hydrogens (tertiary/aromatic N) is 1. The Hall–Kier alpha value is -1.88. The molecule has 0 aliphatic rings. The Labute approximate surface area is 124 Å². The van der Waals surface area contributed by atoms with E-state index >= 15 is 0 Å². The molecule has 0 unspecified atom stereocenters. The Morgan fingerprint density at radius 2 is 2.05 bits per heavy atom. The van der Waals surface area contributed by atoms with Crippen LogP contribution in [0.3, 0.4) is 0 Å². The molecule has 2 aromatic rings. The van der Waals surface area contributed by atoms with Gasteiger partial charge in [-0.1, -0.05) is 22.0 Å². The Balaban J connectivity index is 2.41. The van der Waals surface area contributed by atoms with Crippen molar-refractivity contribution in [2.24, 2.45) is 0 Å². The van der Waals surface area contributed by atoms with Crippen LogP contribution in [0.15, 0.2) is 46.9 Å². The van der Waals surface area contributed by atoms with E-state index in [1.807, 2.05) is 0 Å². The van der Waals surface area contributed by atoms with Crippen molar-refractivity contribution in [2.45, 2.75) is 6.92 Å². The number of phenolic OH excluding ortho intramolecular Hbond substituents is 1. The third kappa shape index (κ3) is 2.99. The van der Waals surface area contributed by atoms with Crippen LogP contribution in [-0.2, 0) is 0 Å². The molecule has 0 heterocycles. The number of anilines is 1. The highest BCUT2D eigenvalue weighted by Crippen LogP contribution is 2.24. The summed E-state index contributed by atoms with van der Waals surface area (Å²) in [5.74, 6) is -0.961. The van der Waals surface area contributed by atoms with Gasteiger partial charge in [-0.15, -0.1) is 0 Å². The summed E-state index contributed by atoms with van der Waals surface area (Å²) in [6.45, 7) is 2.16. The molecule has 5 heteroatoms. The average molecular weight is 338 g/mol. The monoisotopic (exact) mass is 337 g/mol. The van der Waals surface area contributed by atoms with Gasteiger partial charge in [-0.05, 0) is 37.3 Å². The number of benzene rings is 2. The largest absolute Gasteiger partial charge is 0.508 e. The summed E-state index contributed by atoms with van der Waals surface area (Å²) < 4.78 is 14.4. The molecule has 20 heavy (non-hydrogen) atoms. The molecule has 2 rings (SSSR count). The van der Waals surface area contributed by atoms with Gasteiger partial charge in [0.1, 0.15) is 11.6 Å². The number of hydrogen-bond donors (Lipinski definition) is 1. The third-order valence-corrected chi connectivity index (χ3v) is 3.35. The molecule has 2 aromatic carbocycles. The lowest BCUT2D eigenvalue weighted by Gasteiger charge is -2.21. The first-order chi connectivity index (χ1) is 9.52. The molecule has 0 saturated carbocycles. The van der Waals surface area contributed by atoms with Crippen LogP contribution in [-0.4, -0.2) is 17.6 Å². The van der Waals surface area contributed by atoms with Gasteiger partial charge in [0.05, 0.1) is 5.56 Å². The molecule has 0 atom stereocenters. The van der Waals surface area contributed by atoms with Crippen molar-refractivity contribution >= 4 is 27.5 Å². The van der Waals surface area contributed by atoms with Gasteiger partial charge < -0.3 is 10.0 Å². The van der Waals surface area contributed by atoms with E-state index in [0.29, 0.717) is 16.7 Å². The van der Waals surface area contributed by atoms with E-state index < -0.39 is 11.7 Å². The standard InChI is InChI=1S/C15H13BrFNO2/c1-2-18(11-4-3-5-12(19)9-11)15(20)13-8-10(16)6-7-14(13)17/h3-9,19H,2H2,1H3. The number of amides is 1. The summed E-state index contributed by atoms with van der Waals surface area (Å²) in [6.07, 6.45) is 0. The third-order valence-electron chi connectivity index (χ3n) is 2.86. The number of phenols is 1. The Morgan fingerprint density at radius 1 is 1.30 bits per heavy atom. The van der Waals surface area contributed by atoms with Gasteiger partial charge in [0.2, 0.25) is 0 Å². The van der Waals surface area contributed by atoms with E-state index in [1.165, 1.54) is 35.2 Å². The number of rotatable bonds is 3. The summed E-state index contributed by atoms with van der Waals surface area (Å²) in [6, 6.07) is 10.5. The average Bonchev–Trinajstić information content (AvgIpc) is 2.42. The zero-order chi connectivity index (χ0) is 14.7. The van der Waals surface area contributed by atoms with Gasteiger partial charge in [0.25, 0.3) is 5.91 Å². The van der Waals surface area contributed by atoms with Crippen LogP contribution in [0.2, 0.25) is 0 Å². The number of hydrogen-bond acceptors (Lipinski definition) is 2. The van der Waals surface area contributed by atoms with Crippen LogP contribution < -0.4 is 4.90 Å². The molecule has 0 radical (unpaired) electrons. The lowest BCUT2D eigenvalue weighted by atomic mass is 10.1. The van der Waals surface area contributed by atoms with Crippen LogP contribution in [0.4, 0.5) is 10.1 Å². The minimum absolute atomic E-state index is 0.00966. The van der Waals surface area contributed by atoms with Gasteiger partial charge in [0, 0.05) is 22.8 Å². The molecule has 1 amide bonds. The van der Waals surface area contributed by atoms with E-state index in [4.69, 9.17) is 0 Å². The van der Waals surface area contributed by atoms with Crippen molar-refractivity contribution in [3.8, 4) is 5.75 Å². The lowest BCUT2D eigenvalue weighted by Crippen LogP contribution is -2.31. The smallest absolute Gasteiger partial charge is 0.261 e. The maximum atomic E-state index is 13.8. The van der Waals surface area contributed by atoms with Crippen molar-refractivity contribution in [1.29, 1.82) is 0 Å². The normalized spacial score (nSPS) is 10.3. The molecular weight excluding hydrogens is 325 g/mol. The topological polar surface area (TPSA) is 40.5 Å². The van der Waals surface area contributed by atoms with E-state index in [9.17, 15) is 14.3 Å². The SMILES string of the molecule is CCN(C(=O)c1cc(Br)ccc1F)c1cccc(O)c1. The summed E-state index contributed by atoms with van der Waals surface area (Å²) in [7, 11) is 0. The molecular formula is C15H13BrFNO2. The fourth-order valence-corrected chi connectivity index (χ4v) is 2.27. The zero-order valence-electron chi connectivity index (χ0n) is 10.8. The second-order valence-corrected chi connectivity index (χ2v) is 5.11. The quantitative estimate of drug-likeness (QED) is 0.920. The molecule has 0 aromatic heterocycles. The van der Waals surface area contributed by atoms with Crippen molar-refractivity contribution in [3.63, 3.8) is 0 Å². The van der Waals surface area contributed by atoms with Crippen LogP contribution in [0.25, 0.3) is 0 Å². The number of aromatic hydroxyl groups is 1. The van der Waals surface area contributed by atoms with Gasteiger partial charge in [-0.25, -0.2) is 4.39 Å². The predicted molar refractivity (Wildman–Crippen MR) is 79.6 cm³/mol. The van der Waals surface area contributed by atoms with Crippen LogP contribution >= 0.6 is 15.9 Å². The molecule has 0 aliphatic carbocycles.